The highest BCUT2D eigenvalue weighted by atomic mass is 19.1. The first-order valence-electron chi connectivity index (χ1n) is 10.4. The van der Waals surface area contributed by atoms with E-state index in [1.54, 1.807) is 6.20 Å². The molecule has 0 unspecified atom stereocenters. The van der Waals surface area contributed by atoms with E-state index in [2.05, 4.69) is 31.0 Å². The van der Waals surface area contributed by atoms with E-state index in [0.29, 0.717) is 29.7 Å². The molecule has 1 aromatic carbocycles. The lowest BCUT2D eigenvalue weighted by atomic mass is 9.99. The topological polar surface area (TPSA) is 113 Å². The van der Waals surface area contributed by atoms with Crippen LogP contribution in [-0.2, 0) is 4.84 Å². The number of nitrogens with zero attached hydrogens (tertiary/aromatic N) is 4. The van der Waals surface area contributed by atoms with Gasteiger partial charge in [0.25, 0.3) is 11.8 Å². The molecule has 2 heterocycles. The molecular formula is C22H28FN7O3. The summed E-state index contributed by atoms with van der Waals surface area (Å²) in [6, 6.07) is 4.12. The average Bonchev–Trinajstić information content (AvgIpc) is 3.16. The number of hydrogen-bond donors (Lipinski definition) is 3. The van der Waals surface area contributed by atoms with Gasteiger partial charge < -0.3 is 15.5 Å². The zero-order chi connectivity index (χ0) is 24.1. The zero-order valence-electron chi connectivity index (χ0n) is 19.3. The van der Waals surface area contributed by atoms with Gasteiger partial charge in [-0.25, -0.2) is 19.4 Å². The molecule has 176 valence electrons. The zero-order valence-corrected chi connectivity index (χ0v) is 19.3. The summed E-state index contributed by atoms with van der Waals surface area (Å²) >= 11 is 0. The Morgan fingerprint density at radius 1 is 1.21 bits per heavy atom. The third kappa shape index (κ3) is 5.26. The fourth-order valence-corrected chi connectivity index (χ4v) is 3.49. The molecule has 2 aromatic heterocycles. The number of fused-ring (bicyclic) bond motifs is 1. The summed E-state index contributed by atoms with van der Waals surface area (Å²) in [7, 11) is 5.14. The molecule has 0 bridgehead atoms. The smallest absolute Gasteiger partial charge is 0.277 e. The summed E-state index contributed by atoms with van der Waals surface area (Å²) < 4.78 is 16.3. The van der Waals surface area contributed by atoms with Crippen LogP contribution in [0.3, 0.4) is 0 Å². The van der Waals surface area contributed by atoms with Crippen LogP contribution in [0.2, 0.25) is 0 Å². The number of nitrogens with one attached hydrogen (secondary N) is 3. The number of para-hydroxylation sites is 1. The molecule has 0 saturated carbocycles. The van der Waals surface area contributed by atoms with Crippen molar-refractivity contribution in [2.24, 2.45) is 0 Å². The van der Waals surface area contributed by atoms with E-state index in [1.165, 1.54) is 36.2 Å². The molecule has 2 amide bonds. The summed E-state index contributed by atoms with van der Waals surface area (Å²) in [5.74, 6) is -1.30. The molecule has 0 atom stereocenters. The molecule has 3 aromatic rings. The maximum absolute atomic E-state index is 14.7. The third-order valence-electron chi connectivity index (χ3n) is 4.98. The molecule has 10 nitrogen and oxygen atoms in total. The van der Waals surface area contributed by atoms with Crippen LogP contribution in [0.15, 0.2) is 30.7 Å². The second-order valence-corrected chi connectivity index (χ2v) is 7.99. The van der Waals surface area contributed by atoms with Gasteiger partial charge in [-0.1, -0.05) is 19.9 Å². The Balaban J connectivity index is 2.07. The van der Waals surface area contributed by atoms with Crippen molar-refractivity contribution in [3.8, 4) is 0 Å². The largest absolute Gasteiger partial charge is 0.351 e. The molecule has 0 radical (unpaired) electrons. The number of rotatable bonds is 9. The van der Waals surface area contributed by atoms with Crippen LogP contribution in [0.5, 0.6) is 0 Å². The Bertz CT molecular complexity index is 1160. The minimum Gasteiger partial charge on any atom is -0.351 e. The fourth-order valence-electron chi connectivity index (χ4n) is 3.49. The van der Waals surface area contributed by atoms with E-state index in [1.807, 2.05) is 32.8 Å². The van der Waals surface area contributed by atoms with E-state index < -0.39 is 11.7 Å². The molecule has 0 aliphatic rings. The Morgan fingerprint density at radius 2 is 1.97 bits per heavy atom. The van der Waals surface area contributed by atoms with E-state index in [-0.39, 0.29) is 28.9 Å². The maximum Gasteiger partial charge on any atom is 0.277 e. The summed E-state index contributed by atoms with van der Waals surface area (Å²) in [4.78, 5) is 36.2. The predicted octanol–water partition coefficient (Wildman–Crippen LogP) is 2.32. The second kappa shape index (κ2) is 10.4. The van der Waals surface area contributed by atoms with E-state index in [4.69, 9.17) is 0 Å². The van der Waals surface area contributed by atoms with Gasteiger partial charge in [-0.3, -0.25) is 14.4 Å². The highest BCUT2D eigenvalue weighted by Crippen LogP contribution is 2.32. The standard InChI is InChI=1S/C22H28FN7O3/c1-13(2)17-15(21(31)24-9-10-29(3)4)11-30-19(17)20(25-12-26-30)27-18-14(22(32)28-33-5)7-6-8-16(18)23/h6-8,11-13H,9-10H2,1-5H3,(H,24,31)(H,28,32)(H,25,26,27). The van der Waals surface area contributed by atoms with Gasteiger partial charge in [0.1, 0.15) is 17.7 Å². The molecule has 3 rings (SSSR count). The van der Waals surface area contributed by atoms with Gasteiger partial charge in [-0.2, -0.15) is 5.10 Å². The monoisotopic (exact) mass is 457 g/mol. The summed E-state index contributed by atoms with van der Waals surface area (Å²) in [6.07, 6.45) is 2.92. The number of anilines is 2. The van der Waals surface area contributed by atoms with Crippen molar-refractivity contribution in [3.05, 3.63) is 53.2 Å². The lowest BCUT2D eigenvalue weighted by Crippen LogP contribution is -2.31. The van der Waals surface area contributed by atoms with Crippen molar-refractivity contribution in [3.63, 3.8) is 0 Å². The van der Waals surface area contributed by atoms with Crippen LogP contribution < -0.4 is 16.1 Å². The van der Waals surface area contributed by atoms with Crippen molar-refractivity contribution >= 4 is 28.8 Å². The molecule has 11 heteroatoms. The Hall–Kier alpha value is -3.57. The average molecular weight is 458 g/mol. The highest BCUT2D eigenvalue weighted by molar-refractivity contribution is 6.02. The quantitative estimate of drug-likeness (QED) is 0.423. The SMILES string of the molecule is CONC(=O)c1cccc(F)c1Nc1ncnn2cc(C(=O)NCCN(C)C)c(C(C)C)c12. The Labute approximate surface area is 191 Å². The van der Waals surface area contributed by atoms with Crippen molar-refractivity contribution in [2.75, 3.05) is 39.6 Å². The normalized spacial score (nSPS) is 11.3. The number of amides is 2. The van der Waals surface area contributed by atoms with Gasteiger partial charge in [0.05, 0.1) is 23.9 Å². The number of hydroxylamine groups is 1. The first kappa shape index (κ1) is 24.1. The van der Waals surface area contributed by atoms with Crippen LogP contribution >= 0.6 is 0 Å². The van der Waals surface area contributed by atoms with Crippen LogP contribution in [0, 0.1) is 5.82 Å². The number of carbonyl (C=O) groups excluding carboxylic acids is 2. The number of benzene rings is 1. The molecule has 0 spiro atoms. The van der Waals surface area contributed by atoms with Crippen molar-refractivity contribution in [2.45, 2.75) is 19.8 Å². The van der Waals surface area contributed by atoms with Gasteiger partial charge in [0.15, 0.2) is 5.82 Å². The van der Waals surface area contributed by atoms with Crippen LogP contribution in [0.25, 0.3) is 5.52 Å². The first-order chi connectivity index (χ1) is 15.7. The maximum atomic E-state index is 14.7. The van der Waals surface area contributed by atoms with Crippen LogP contribution in [-0.4, -0.2) is 65.6 Å². The van der Waals surface area contributed by atoms with Crippen molar-refractivity contribution in [1.82, 2.24) is 30.3 Å². The van der Waals surface area contributed by atoms with Gasteiger partial charge in [-0.05, 0) is 37.7 Å². The van der Waals surface area contributed by atoms with Gasteiger partial charge in [0, 0.05) is 19.3 Å². The highest BCUT2D eigenvalue weighted by Gasteiger charge is 2.24. The molecular weight excluding hydrogens is 429 g/mol. The summed E-state index contributed by atoms with van der Waals surface area (Å²) in [5.41, 5.74) is 3.84. The number of aromatic nitrogens is 3. The second-order valence-electron chi connectivity index (χ2n) is 7.99. The molecule has 0 aliphatic heterocycles. The third-order valence-corrected chi connectivity index (χ3v) is 4.98. The van der Waals surface area contributed by atoms with Crippen molar-refractivity contribution in [1.29, 1.82) is 0 Å². The molecule has 0 saturated heterocycles. The van der Waals surface area contributed by atoms with E-state index >= 15 is 0 Å². The van der Waals surface area contributed by atoms with Gasteiger partial charge in [-0.15, -0.1) is 0 Å². The lowest BCUT2D eigenvalue weighted by molar-refractivity contribution is 0.0538. The van der Waals surface area contributed by atoms with Crippen LogP contribution in [0.1, 0.15) is 46.0 Å². The summed E-state index contributed by atoms with van der Waals surface area (Å²) in [5, 5.41) is 10.1. The van der Waals surface area contributed by atoms with Gasteiger partial charge in [0.2, 0.25) is 0 Å². The first-order valence-corrected chi connectivity index (χ1v) is 10.4. The van der Waals surface area contributed by atoms with Gasteiger partial charge >= 0.3 is 0 Å². The fraction of sp³-hybridized carbons (Fsp3) is 0.364. The molecule has 0 fully saturated rings. The molecule has 33 heavy (non-hydrogen) atoms. The number of carbonyl (C=O) groups is 2. The minimum atomic E-state index is -0.644. The van der Waals surface area contributed by atoms with E-state index in [9.17, 15) is 14.0 Å². The Kier molecular flexibility index (Phi) is 7.56. The molecule has 0 aliphatic carbocycles. The molecule has 3 N–H and O–H groups in total. The minimum absolute atomic E-state index is 0.0351. The van der Waals surface area contributed by atoms with Crippen LogP contribution in [0.4, 0.5) is 15.9 Å². The van der Waals surface area contributed by atoms with Crippen molar-refractivity contribution < 1.29 is 18.8 Å². The summed E-state index contributed by atoms with van der Waals surface area (Å²) in [6.45, 7) is 5.08. The number of hydrogen-bond acceptors (Lipinski definition) is 7. The number of likely N-dealkylation sites (N-methyl/N-ethyl adjacent to an activating group) is 1. The Morgan fingerprint density at radius 3 is 2.64 bits per heavy atom. The lowest BCUT2D eigenvalue weighted by Gasteiger charge is -2.15. The number of halogens is 1. The predicted molar refractivity (Wildman–Crippen MR) is 122 cm³/mol. The van der Waals surface area contributed by atoms with E-state index in [0.717, 1.165) is 0 Å².